The van der Waals surface area contributed by atoms with Gasteiger partial charge < -0.3 is 14.8 Å². The van der Waals surface area contributed by atoms with Crippen LogP contribution in [0.25, 0.3) is 0 Å². The van der Waals surface area contributed by atoms with E-state index in [2.05, 4.69) is 5.32 Å². The van der Waals surface area contributed by atoms with Gasteiger partial charge in [-0.15, -0.1) is 0 Å². The van der Waals surface area contributed by atoms with Crippen LogP contribution in [0.3, 0.4) is 0 Å². The molecular formula is C21H22ClNO3. The highest BCUT2D eigenvalue weighted by Crippen LogP contribution is 2.50. The van der Waals surface area contributed by atoms with Crippen molar-refractivity contribution in [2.45, 2.75) is 31.7 Å². The second-order valence-electron chi connectivity index (χ2n) is 7.44. The van der Waals surface area contributed by atoms with Crippen LogP contribution in [-0.2, 0) is 10.3 Å². The number of benzene rings is 2. The van der Waals surface area contributed by atoms with E-state index in [1.54, 1.807) is 0 Å². The third kappa shape index (κ3) is 3.26. The van der Waals surface area contributed by atoms with Crippen LogP contribution in [0.5, 0.6) is 11.5 Å². The third-order valence-electron chi connectivity index (χ3n) is 5.13. The smallest absolute Gasteiger partial charge is 0.224 e. The Balaban J connectivity index is 1.46. The summed E-state index contributed by atoms with van der Waals surface area (Å²) in [6, 6.07) is 13.6. The molecule has 2 unspecified atom stereocenters. The number of amides is 1. The van der Waals surface area contributed by atoms with Crippen molar-refractivity contribution in [1.82, 2.24) is 5.32 Å². The number of carbonyl (C=O) groups excluding carboxylic acids is 1. The average molecular weight is 372 g/mol. The van der Waals surface area contributed by atoms with E-state index in [4.69, 9.17) is 21.1 Å². The number of hydrogen-bond donors (Lipinski definition) is 1. The Hall–Kier alpha value is -2.20. The first-order valence-corrected chi connectivity index (χ1v) is 9.30. The van der Waals surface area contributed by atoms with E-state index < -0.39 is 5.54 Å². The Labute approximate surface area is 158 Å². The number of ether oxygens (including phenoxy) is 2. The number of halogens is 1. The number of fused-ring (bicyclic) bond motifs is 1. The summed E-state index contributed by atoms with van der Waals surface area (Å²) in [6.07, 6.45) is 0.840. The summed E-state index contributed by atoms with van der Waals surface area (Å²) >= 11 is 6.27. The largest absolute Gasteiger partial charge is 0.486 e. The van der Waals surface area contributed by atoms with Gasteiger partial charge in [0.25, 0.3) is 0 Å². The molecule has 1 amide bonds. The first-order chi connectivity index (χ1) is 12.5. The SMILES string of the molecule is CC(C)(NC(=O)C1CC1c1ccccc1Cl)c1ccc2c(c1)OCCO2. The molecule has 2 aromatic rings. The van der Waals surface area contributed by atoms with Gasteiger partial charge in [-0.05, 0) is 55.5 Å². The molecule has 4 nitrogen and oxygen atoms in total. The van der Waals surface area contributed by atoms with Crippen molar-refractivity contribution in [3.05, 3.63) is 58.6 Å². The first-order valence-electron chi connectivity index (χ1n) is 8.92. The van der Waals surface area contributed by atoms with Crippen LogP contribution in [0.1, 0.15) is 37.3 Å². The van der Waals surface area contributed by atoms with E-state index >= 15 is 0 Å². The summed E-state index contributed by atoms with van der Waals surface area (Å²) in [5.74, 6) is 1.74. The van der Waals surface area contributed by atoms with E-state index in [9.17, 15) is 4.79 Å². The molecule has 2 aromatic carbocycles. The van der Waals surface area contributed by atoms with Gasteiger partial charge in [0, 0.05) is 10.9 Å². The maximum atomic E-state index is 12.8. The Morgan fingerprint density at radius 3 is 2.62 bits per heavy atom. The second kappa shape index (κ2) is 6.51. The number of nitrogens with one attached hydrogen (secondary N) is 1. The fourth-order valence-electron chi connectivity index (χ4n) is 3.51. The third-order valence-corrected chi connectivity index (χ3v) is 5.48. The van der Waals surface area contributed by atoms with E-state index in [-0.39, 0.29) is 17.7 Å². The quantitative estimate of drug-likeness (QED) is 0.873. The molecular weight excluding hydrogens is 350 g/mol. The zero-order chi connectivity index (χ0) is 18.3. The van der Waals surface area contributed by atoms with Crippen LogP contribution >= 0.6 is 11.6 Å². The maximum absolute atomic E-state index is 12.8. The minimum absolute atomic E-state index is 0.0219. The summed E-state index contributed by atoms with van der Waals surface area (Å²) in [6.45, 7) is 5.12. The van der Waals surface area contributed by atoms with Crippen molar-refractivity contribution in [2.24, 2.45) is 5.92 Å². The molecule has 0 aromatic heterocycles. The zero-order valence-electron chi connectivity index (χ0n) is 14.9. The molecule has 4 rings (SSSR count). The molecule has 5 heteroatoms. The zero-order valence-corrected chi connectivity index (χ0v) is 15.7. The molecule has 136 valence electrons. The van der Waals surface area contributed by atoms with E-state index in [1.807, 2.05) is 56.3 Å². The molecule has 0 saturated heterocycles. The van der Waals surface area contributed by atoms with Crippen molar-refractivity contribution >= 4 is 17.5 Å². The number of hydrogen-bond acceptors (Lipinski definition) is 3. The van der Waals surface area contributed by atoms with E-state index in [0.717, 1.165) is 34.1 Å². The maximum Gasteiger partial charge on any atom is 0.224 e. The van der Waals surface area contributed by atoms with Gasteiger partial charge in [-0.25, -0.2) is 0 Å². The summed E-state index contributed by atoms with van der Waals surface area (Å²) in [5.41, 5.74) is 1.55. The highest BCUT2D eigenvalue weighted by atomic mass is 35.5. The van der Waals surface area contributed by atoms with Gasteiger partial charge in [-0.3, -0.25) is 4.79 Å². The van der Waals surface area contributed by atoms with Gasteiger partial charge in [0.2, 0.25) is 5.91 Å². The lowest BCUT2D eigenvalue weighted by molar-refractivity contribution is -0.124. The highest BCUT2D eigenvalue weighted by molar-refractivity contribution is 6.31. The van der Waals surface area contributed by atoms with Crippen molar-refractivity contribution in [1.29, 1.82) is 0 Å². The highest BCUT2D eigenvalue weighted by Gasteiger charge is 2.46. The summed E-state index contributed by atoms with van der Waals surface area (Å²) in [4.78, 5) is 12.8. The van der Waals surface area contributed by atoms with Gasteiger partial charge >= 0.3 is 0 Å². The van der Waals surface area contributed by atoms with Crippen molar-refractivity contribution < 1.29 is 14.3 Å². The molecule has 1 aliphatic carbocycles. The molecule has 2 aliphatic rings. The monoisotopic (exact) mass is 371 g/mol. The standard InChI is InChI=1S/C21H22ClNO3/c1-21(2,13-7-8-18-19(11-13)26-10-9-25-18)23-20(24)16-12-15(16)14-5-3-4-6-17(14)22/h3-8,11,15-16H,9-10,12H2,1-2H3,(H,23,24). The lowest BCUT2D eigenvalue weighted by Gasteiger charge is -2.29. The molecule has 0 spiro atoms. The molecule has 1 aliphatic heterocycles. The first kappa shape index (κ1) is 17.2. The van der Waals surface area contributed by atoms with Crippen LogP contribution in [0, 0.1) is 5.92 Å². The summed E-state index contributed by atoms with van der Waals surface area (Å²) < 4.78 is 11.2. The van der Waals surface area contributed by atoms with E-state index in [0.29, 0.717) is 13.2 Å². The second-order valence-corrected chi connectivity index (χ2v) is 7.85. The Bertz CT molecular complexity index is 849. The lowest BCUT2D eigenvalue weighted by atomic mass is 9.93. The number of rotatable bonds is 4. The fraction of sp³-hybridized carbons (Fsp3) is 0.381. The van der Waals surface area contributed by atoms with Gasteiger partial charge in [0.1, 0.15) is 13.2 Å². The van der Waals surface area contributed by atoms with Crippen LogP contribution in [0.4, 0.5) is 0 Å². The molecule has 0 radical (unpaired) electrons. The molecule has 2 atom stereocenters. The van der Waals surface area contributed by atoms with Gasteiger partial charge in [-0.1, -0.05) is 35.9 Å². The average Bonchev–Trinajstić information content (AvgIpc) is 3.42. The number of carbonyl (C=O) groups is 1. The Kier molecular flexibility index (Phi) is 4.31. The molecule has 1 N–H and O–H groups in total. The van der Waals surface area contributed by atoms with Crippen LogP contribution in [0.2, 0.25) is 5.02 Å². The van der Waals surface area contributed by atoms with Crippen LogP contribution in [0.15, 0.2) is 42.5 Å². The summed E-state index contributed by atoms with van der Waals surface area (Å²) in [7, 11) is 0. The molecule has 1 heterocycles. The Morgan fingerprint density at radius 1 is 1.12 bits per heavy atom. The molecule has 1 saturated carbocycles. The summed E-state index contributed by atoms with van der Waals surface area (Å²) in [5, 5.41) is 3.92. The van der Waals surface area contributed by atoms with Crippen molar-refractivity contribution in [3.8, 4) is 11.5 Å². The predicted octanol–water partition coefficient (Wildman–Crippen LogP) is 4.27. The predicted molar refractivity (Wildman–Crippen MR) is 101 cm³/mol. The van der Waals surface area contributed by atoms with E-state index in [1.165, 1.54) is 0 Å². The van der Waals surface area contributed by atoms with Gasteiger partial charge in [-0.2, -0.15) is 0 Å². The fourth-order valence-corrected chi connectivity index (χ4v) is 3.79. The van der Waals surface area contributed by atoms with Crippen LogP contribution < -0.4 is 14.8 Å². The van der Waals surface area contributed by atoms with Crippen molar-refractivity contribution in [3.63, 3.8) is 0 Å². The van der Waals surface area contributed by atoms with Gasteiger partial charge in [0.15, 0.2) is 11.5 Å². The van der Waals surface area contributed by atoms with Crippen LogP contribution in [-0.4, -0.2) is 19.1 Å². The molecule has 26 heavy (non-hydrogen) atoms. The molecule has 0 bridgehead atoms. The Morgan fingerprint density at radius 2 is 1.85 bits per heavy atom. The normalized spacial score (nSPS) is 21.2. The minimum Gasteiger partial charge on any atom is -0.486 e. The van der Waals surface area contributed by atoms with Gasteiger partial charge in [0.05, 0.1) is 5.54 Å². The molecule has 1 fully saturated rings. The van der Waals surface area contributed by atoms with Crippen molar-refractivity contribution in [2.75, 3.05) is 13.2 Å². The topological polar surface area (TPSA) is 47.6 Å². The lowest BCUT2D eigenvalue weighted by Crippen LogP contribution is -2.42. The minimum atomic E-state index is -0.499.